The summed E-state index contributed by atoms with van der Waals surface area (Å²) in [5.74, 6) is -0.140. The zero-order valence-corrected chi connectivity index (χ0v) is 21.5. The van der Waals surface area contributed by atoms with Crippen molar-refractivity contribution in [2.24, 2.45) is 0 Å². The Morgan fingerprint density at radius 1 is 1.05 bits per heavy atom. The third-order valence-electron chi connectivity index (χ3n) is 5.91. The monoisotopic (exact) mass is 525 g/mol. The molecule has 0 aliphatic carbocycles. The summed E-state index contributed by atoms with van der Waals surface area (Å²) in [5, 5.41) is 38.9. The van der Waals surface area contributed by atoms with Crippen LogP contribution in [0.15, 0.2) is 60.7 Å². The molecule has 9 heteroatoms. The summed E-state index contributed by atoms with van der Waals surface area (Å²) in [5.41, 5.74) is 3.08. The van der Waals surface area contributed by atoms with E-state index in [-0.39, 0.29) is 48.1 Å². The maximum Gasteiger partial charge on any atom is 0.224 e. The summed E-state index contributed by atoms with van der Waals surface area (Å²) in [7, 11) is 0. The average Bonchev–Trinajstić information content (AvgIpc) is 2.83. The number of phenols is 2. The number of aliphatic hydroxyl groups is 1. The third kappa shape index (κ3) is 8.49. The van der Waals surface area contributed by atoms with E-state index in [9.17, 15) is 24.9 Å². The minimum Gasteiger partial charge on any atom is -0.508 e. The lowest BCUT2D eigenvalue weighted by molar-refractivity contribution is -0.120. The van der Waals surface area contributed by atoms with Crippen LogP contribution < -0.4 is 16.0 Å². The van der Waals surface area contributed by atoms with Gasteiger partial charge in [0.25, 0.3) is 0 Å². The van der Waals surface area contributed by atoms with Crippen molar-refractivity contribution in [3.8, 4) is 11.5 Å². The molecule has 3 aromatic carbocycles. The Labute approximate surface area is 221 Å². The lowest BCUT2D eigenvalue weighted by Gasteiger charge is -2.28. The summed E-state index contributed by atoms with van der Waals surface area (Å²) in [6, 6.07) is 17.0. The Kier molecular flexibility index (Phi) is 9.52. The first-order chi connectivity index (χ1) is 17.6. The van der Waals surface area contributed by atoms with E-state index in [0.29, 0.717) is 23.4 Å². The van der Waals surface area contributed by atoms with Gasteiger partial charge in [0, 0.05) is 23.7 Å². The van der Waals surface area contributed by atoms with Gasteiger partial charge in [0.1, 0.15) is 11.5 Å². The number of rotatable bonds is 12. The van der Waals surface area contributed by atoms with Crippen LogP contribution in [0.1, 0.15) is 42.2 Å². The van der Waals surface area contributed by atoms with E-state index in [2.05, 4.69) is 16.0 Å². The quantitative estimate of drug-likeness (QED) is 0.157. The number of carbonyl (C=O) groups is 2. The van der Waals surface area contributed by atoms with Crippen molar-refractivity contribution < 1.29 is 24.9 Å². The number of benzene rings is 3. The number of aliphatic hydroxyl groups excluding tert-OH is 1. The molecular formula is C28H32ClN3O5. The van der Waals surface area contributed by atoms with E-state index < -0.39 is 6.10 Å². The highest BCUT2D eigenvalue weighted by Crippen LogP contribution is 2.27. The van der Waals surface area contributed by atoms with Crippen LogP contribution in [-0.2, 0) is 29.0 Å². The van der Waals surface area contributed by atoms with Gasteiger partial charge in [-0.05, 0) is 66.8 Å². The van der Waals surface area contributed by atoms with Crippen LogP contribution in [0.4, 0.5) is 5.69 Å². The smallest absolute Gasteiger partial charge is 0.224 e. The largest absolute Gasteiger partial charge is 0.508 e. The zero-order valence-electron chi connectivity index (χ0n) is 20.8. The molecule has 0 aliphatic heterocycles. The maximum atomic E-state index is 12.5. The molecule has 1 atom stereocenters. The standard InChI is InChI=1S/C28H32ClN3O5/c1-28(2,32-16-26(36)20-7-9-25(35)24(12-20)31-17-33)14-19-5-3-4-18(10-19)11-27(37)30-15-21-6-8-22(34)13-23(21)29/h3-10,12-13,17,26,32,34-36H,11,14-16H2,1-2H3,(H,30,37)(H,31,33)/t26-/m1/s1. The topological polar surface area (TPSA) is 131 Å². The molecule has 0 saturated heterocycles. The molecule has 3 rings (SSSR count). The number of nitrogens with one attached hydrogen (secondary N) is 3. The number of hydrogen-bond donors (Lipinski definition) is 6. The van der Waals surface area contributed by atoms with Gasteiger partial charge >= 0.3 is 0 Å². The molecule has 8 nitrogen and oxygen atoms in total. The van der Waals surface area contributed by atoms with Crippen molar-refractivity contribution in [2.45, 2.75) is 44.9 Å². The second-order valence-electron chi connectivity index (χ2n) is 9.55. The Bertz CT molecular complexity index is 1250. The summed E-state index contributed by atoms with van der Waals surface area (Å²) >= 11 is 6.10. The van der Waals surface area contributed by atoms with Gasteiger partial charge in [-0.2, -0.15) is 0 Å². The van der Waals surface area contributed by atoms with Gasteiger partial charge in [-0.25, -0.2) is 0 Å². The summed E-state index contributed by atoms with van der Waals surface area (Å²) in [4.78, 5) is 23.2. The van der Waals surface area contributed by atoms with E-state index >= 15 is 0 Å². The second kappa shape index (κ2) is 12.6. The molecule has 37 heavy (non-hydrogen) atoms. The highest BCUT2D eigenvalue weighted by molar-refractivity contribution is 6.31. The first-order valence-corrected chi connectivity index (χ1v) is 12.2. The van der Waals surface area contributed by atoms with Crippen molar-refractivity contribution in [1.82, 2.24) is 10.6 Å². The van der Waals surface area contributed by atoms with Crippen LogP contribution in [0.2, 0.25) is 5.02 Å². The molecular weight excluding hydrogens is 494 g/mol. The molecule has 6 N–H and O–H groups in total. The molecule has 196 valence electrons. The van der Waals surface area contributed by atoms with E-state index in [0.717, 1.165) is 16.7 Å². The molecule has 0 spiro atoms. The molecule has 0 unspecified atom stereocenters. The SMILES string of the molecule is CC(C)(Cc1cccc(CC(=O)NCc2ccc(O)cc2Cl)c1)NC[C@@H](O)c1ccc(O)c(NC=O)c1. The number of phenolic OH excluding ortho intramolecular Hbond substituents is 2. The van der Waals surface area contributed by atoms with Crippen molar-refractivity contribution in [1.29, 1.82) is 0 Å². The molecule has 0 heterocycles. The van der Waals surface area contributed by atoms with Crippen LogP contribution in [0, 0.1) is 0 Å². The van der Waals surface area contributed by atoms with Crippen molar-refractivity contribution in [2.75, 3.05) is 11.9 Å². The van der Waals surface area contributed by atoms with Crippen LogP contribution in [0.3, 0.4) is 0 Å². The van der Waals surface area contributed by atoms with E-state index in [1.165, 1.54) is 24.3 Å². The van der Waals surface area contributed by atoms with Crippen molar-refractivity contribution in [3.05, 3.63) is 87.9 Å². The second-order valence-corrected chi connectivity index (χ2v) is 9.95. The number of amides is 2. The molecule has 2 amide bonds. The molecule has 0 fully saturated rings. The lowest BCUT2D eigenvalue weighted by atomic mass is 9.93. The van der Waals surface area contributed by atoms with E-state index in [1.807, 2.05) is 38.1 Å². The molecule has 0 bridgehead atoms. The minimum atomic E-state index is -0.843. The van der Waals surface area contributed by atoms with E-state index in [1.54, 1.807) is 12.1 Å². The lowest BCUT2D eigenvalue weighted by Crippen LogP contribution is -2.43. The van der Waals surface area contributed by atoms with Gasteiger partial charge < -0.3 is 31.3 Å². The van der Waals surface area contributed by atoms with Crippen LogP contribution in [0.25, 0.3) is 0 Å². The van der Waals surface area contributed by atoms with Gasteiger partial charge in [-0.3, -0.25) is 9.59 Å². The predicted octanol–water partition coefficient (Wildman–Crippen LogP) is 3.82. The molecule has 0 radical (unpaired) electrons. The van der Waals surface area contributed by atoms with Crippen LogP contribution in [-0.4, -0.2) is 39.7 Å². The Hall–Kier alpha value is -3.59. The predicted molar refractivity (Wildman–Crippen MR) is 144 cm³/mol. The Balaban J connectivity index is 1.54. The number of carbonyl (C=O) groups excluding carboxylic acids is 2. The normalized spacial score (nSPS) is 12.1. The third-order valence-corrected chi connectivity index (χ3v) is 6.26. The fourth-order valence-electron chi connectivity index (χ4n) is 3.97. The zero-order chi connectivity index (χ0) is 27.0. The van der Waals surface area contributed by atoms with Crippen molar-refractivity contribution >= 4 is 29.6 Å². The fraction of sp³-hybridized carbons (Fsp3) is 0.286. The maximum absolute atomic E-state index is 12.5. The van der Waals surface area contributed by atoms with Crippen LogP contribution >= 0.6 is 11.6 Å². The Morgan fingerprint density at radius 3 is 2.54 bits per heavy atom. The van der Waals surface area contributed by atoms with Gasteiger partial charge in [0.2, 0.25) is 12.3 Å². The van der Waals surface area contributed by atoms with E-state index in [4.69, 9.17) is 11.6 Å². The molecule has 0 saturated carbocycles. The first kappa shape index (κ1) is 28.0. The molecule has 0 aliphatic rings. The number of aromatic hydroxyl groups is 2. The molecule has 3 aromatic rings. The highest BCUT2D eigenvalue weighted by Gasteiger charge is 2.21. The minimum absolute atomic E-state index is 0.0743. The Morgan fingerprint density at radius 2 is 1.81 bits per heavy atom. The summed E-state index contributed by atoms with van der Waals surface area (Å²) in [6.07, 6.45) is 0.500. The first-order valence-electron chi connectivity index (χ1n) is 11.8. The summed E-state index contributed by atoms with van der Waals surface area (Å²) < 4.78 is 0. The number of halogens is 1. The van der Waals surface area contributed by atoms with Crippen LogP contribution in [0.5, 0.6) is 11.5 Å². The van der Waals surface area contributed by atoms with Gasteiger partial charge in [0.05, 0.1) is 18.2 Å². The number of anilines is 1. The number of β-amino-alcohol motifs (C(OH)–C–C–N with tert-alkyl or cyclic N) is 1. The average molecular weight is 526 g/mol. The number of hydrogen-bond acceptors (Lipinski definition) is 6. The van der Waals surface area contributed by atoms with Gasteiger partial charge in [-0.1, -0.05) is 48.0 Å². The highest BCUT2D eigenvalue weighted by atomic mass is 35.5. The fourth-order valence-corrected chi connectivity index (χ4v) is 4.22. The molecule has 0 aromatic heterocycles. The van der Waals surface area contributed by atoms with Gasteiger partial charge in [-0.15, -0.1) is 0 Å². The van der Waals surface area contributed by atoms with Gasteiger partial charge in [0.15, 0.2) is 0 Å². The van der Waals surface area contributed by atoms with Crippen molar-refractivity contribution in [3.63, 3.8) is 0 Å². The summed E-state index contributed by atoms with van der Waals surface area (Å²) in [6.45, 7) is 4.58.